The summed E-state index contributed by atoms with van der Waals surface area (Å²) in [5.74, 6) is -1.27. The second-order valence-electron chi connectivity index (χ2n) is 8.72. The molecule has 7 nitrogen and oxygen atoms in total. The van der Waals surface area contributed by atoms with Gasteiger partial charge < -0.3 is 10.2 Å². The Balaban J connectivity index is 2.48. The van der Waals surface area contributed by atoms with Crippen LogP contribution in [0.2, 0.25) is 0 Å². The minimum Gasteiger partial charge on any atom is -0.352 e. The molecule has 0 heterocycles. The van der Waals surface area contributed by atoms with Crippen LogP contribution in [-0.4, -0.2) is 50.0 Å². The van der Waals surface area contributed by atoms with E-state index in [1.807, 2.05) is 26.8 Å². The molecule has 2 amide bonds. The fraction of sp³-hybridized carbons (Fsp3) is 0.440. The van der Waals surface area contributed by atoms with E-state index in [0.29, 0.717) is 17.7 Å². The second kappa shape index (κ2) is 11.5. The first-order chi connectivity index (χ1) is 15.8. The summed E-state index contributed by atoms with van der Waals surface area (Å²) < 4.78 is 39.9. The number of nitrogens with one attached hydrogen (secondary N) is 1. The molecule has 1 N–H and O–H groups in total. The van der Waals surface area contributed by atoms with Crippen molar-refractivity contribution in [2.24, 2.45) is 0 Å². The zero-order valence-electron chi connectivity index (χ0n) is 20.6. The van der Waals surface area contributed by atoms with Crippen molar-refractivity contribution >= 4 is 27.5 Å². The first-order valence-corrected chi connectivity index (χ1v) is 13.1. The third-order valence-electron chi connectivity index (χ3n) is 5.61. The van der Waals surface area contributed by atoms with Crippen molar-refractivity contribution in [2.45, 2.75) is 59.7 Å². The molecule has 0 aliphatic heterocycles. The van der Waals surface area contributed by atoms with Crippen LogP contribution in [0.4, 0.5) is 10.1 Å². The van der Waals surface area contributed by atoms with E-state index in [-0.39, 0.29) is 18.5 Å². The third-order valence-corrected chi connectivity index (χ3v) is 6.73. The van der Waals surface area contributed by atoms with E-state index in [9.17, 15) is 22.4 Å². The second-order valence-corrected chi connectivity index (χ2v) is 10.6. The van der Waals surface area contributed by atoms with E-state index < -0.39 is 34.3 Å². The molecule has 0 aliphatic rings. The van der Waals surface area contributed by atoms with E-state index in [4.69, 9.17) is 0 Å². The lowest BCUT2D eigenvalue weighted by molar-refractivity contribution is -0.140. The SMILES string of the molecule is CC[C@@H](C(=O)NC(C)C)N(Cc1ccc(F)cc1)C(=O)CN(c1cccc(C)c1C)S(C)(=O)=O. The number of carbonyl (C=O) groups excluding carboxylic acids is 2. The van der Waals surface area contributed by atoms with E-state index >= 15 is 0 Å². The fourth-order valence-corrected chi connectivity index (χ4v) is 4.59. The molecular weight excluding hydrogens is 457 g/mol. The van der Waals surface area contributed by atoms with Crippen molar-refractivity contribution in [3.8, 4) is 0 Å². The molecule has 34 heavy (non-hydrogen) atoms. The lowest BCUT2D eigenvalue weighted by Crippen LogP contribution is -2.53. The van der Waals surface area contributed by atoms with Gasteiger partial charge in [0.05, 0.1) is 11.9 Å². The normalized spacial score (nSPS) is 12.4. The Hall–Kier alpha value is -2.94. The Kier molecular flexibility index (Phi) is 9.21. The predicted octanol–water partition coefficient (Wildman–Crippen LogP) is 3.54. The molecule has 0 saturated carbocycles. The van der Waals surface area contributed by atoms with Gasteiger partial charge in [-0.1, -0.05) is 31.2 Å². The summed E-state index contributed by atoms with van der Waals surface area (Å²) in [5, 5.41) is 2.83. The van der Waals surface area contributed by atoms with Gasteiger partial charge in [-0.15, -0.1) is 0 Å². The van der Waals surface area contributed by atoms with Gasteiger partial charge in [0, 0.05) is 12.6 Å². The summed E-state index contributed by atoms with van der Waals surface area (Å²) in [6.07, 6.45) is 1.38. The van der Waals surface area contributed by atoms with Gasteiger partial charge >= 0.3 is 0 Å². The quantitative estimate of drug-likeness (QED) is 0.551. The van der Waals surface area contributed by atoms with Crippen LogP contribution in [-0.2, 0) is 26.2 Å². The molecule has 2 aromatic rings. The van der Waals surface area contributed by atoms with Crippen molar-refractivity contribution in [2.75, 3.05) is 17.1 Å². The summed E-state index contributed by atoms with van der Waals surface area (Å²) in [4.78, 5) is 27.9. The van der Waals surface area contributed by atoms with Crippen LogP contribution >= 0.6 is 0 Å². The topological polar surface area (TPSA) is 86.8 Å². The van der Waals surface area contributed by atoms with Gasteiger partial charge in [0.15, 0.2) is 0 Å². The Morgan fingerprint density at radius 1 is 1.06 bits per heavy atom. The zero-order chi connectivity index (χ0) is 25.6. The number of hydrogen-bond donors (Lipinski definition) is 1. The van der Waals surface area contributed by atoms with Gasteiger partial charge in [-0.2, -0.15) is 0 Å². The number of halogens is 1. The van der Waals surface area contributed by atoms with Crippen molar-refractivity contribution < 1.29 is 22.4 Å². The molecule has 0 unspecified atom stereocenters. The molecule has 0 spiro atoms. The van der Waals surface area contributed by atoms with Crippen LogP contribution in [0.3, 0.4) is 0 Å². The largest absolute Gasteiger partial charge is 0.352 e. The lowest BCUT2D eigenvalue weighted by Gasteiger charge is -2.33. The summed E-state index contributed by atoms with van der Waals surface area (Å²) in [6.45, 7) is 8.67. The molecule has 0 saturated heterocycles. The monoisotopic (exact) mass is 491 g/mol. The van der Waals surface area contributed by atoms with Crippen LogP contribution in [0.1, 0.15) is 43.9 Å². The standard InChI is InChI=1S/C25H34FN3O4S/c1-7-22(25(31)27-17(2)3)28(15-20-11-13-21(26)14-12-20)24(30)16-29(34(6,32)33)23-10-8-9-18(4)19(23)5/h8-14,17,22H,7,15-16H2,1-6H3,(H,27,31)/t22-/m0/s1. The molecule has 0 radical (unpaired) electrons. The fourth-order valence-electron chi connectivity index (χ4n) is 3.69. The minimum absolute atomic E-state index is 0.0353. The number of benzene rings is 2. The van der Waals surface area contributed by atoms with Gasteiger partial charge in [0.2, 0.25) is 21.8 Å². The number of rotatable bonds is 10. The van der Waals surface area contributed by atoms with Gasteiger partial charge in [0.25, 0.3) is 0 Å². The number of sulfonamides is 1. The van der Waals surface area contributed by atoms with Crippen molar-refractivity contribution in [1.29, 1.82) is 0 Å². The van der Waals surface area contributed by atoms with Gasteiger partial charge in [-0.3, -0.25) is 13.9 Å². The maximum Gasteiger partial charge on any atom is 0.244 e. The van der Waals surface area contributed by atoms with Crippen molar-refractivity contribution in [3.63, 3.8) is 0 Å². The summed E-state index contributed by atoms with van der Waals surface area (Å²) in [6, 6.07) is 9.96. The van der Waals surface area contributed by atoms with Gasteiger partial charge in [-0.05, 0) is 69.0 Å². The molecule has 1 atom stereocenters. The average molecular weight is 492 g/mol. The van der Waals surface area contributed by atoms with Crippen molar-refractivity contribution in [3.05, 3.63) is 65.0 Å². The average Bonchev–Trinajstić information content (AvgIpc) is 2.74. The summed E-state index contributed by atoms with van der Waals surface area (Å²) >= 11 is 0. The highest BCUT2D eigenvalue weighted by Gasteiger charge is 2.32. The highest BCUT2D eigenvalue weighted by Crippen LogP contribution is 2.25. The Bertz CT molecular complexity index is 1120. The summed E-state index contributed by atoms with van der Waals surface area (Å²) in [5.41, 5.74) is 2.68. The maximum atomic E-state index is 13.6. The molecule has 2 rings (SSSR count). The third kappa shape index (κ3) is 7.03. The number of anilines is 1. The molecule has 2 aromatic carbocycles. The molecule has 186 valence electrons. The van der Waals surface area contributed by atoms with E-state index in [2.05, 4.69) is 5.32 Å². The molecule has 0 fully saturated rings. The number of carbonyl (C=O) groups is 2. The number of aryl methyl sites for hydroxylation is 1. The predicted molar refractivity (Wildman–Crippen MR) is 132 cm³/mol. The van der Waals surface area contributed by atoms with Crippen LogP contribution < -0.4 is 9.62 Å². The zero-order valence-corrected chi connectivity index (χ0v) is 21.4. The summed E-state index contributed by atoms with van der Waals surface area (Å²) in [7, 11) is -3.80. The van der Waals surface area contributed by atoms with Crippen LogP contribution in [0.5, 0.6) is 0 Å². The number of amides is 2. The smallest absolute Gasteiger partial charge is 0.244 e. The van der Waals surface area contributed by atoms with E-state index in [1.165, 1.54) is 17.0 Å². The molecule has 0 aromatic heterocycles. The molecule has 0 aliphatic carbocycles. The molecular formula is C25H34FN3O4S. The number of hydrogen-bond acceptors (Lipinski definition) is 4. The first-order valence-electron chi connectivity index (χ1n) is 11.2. The van der Waals surface area contributed by atoms with Crippen LogP contribution in [0, 0.1) is 19.7 Å². The van der Waals surface area contributed by atoms with E-state index in [0.717, 1.165) is 21.7 Å². The van der Waals surface area contributed by atoms with Gasteiger partial charge in [-0.25, -0.2) is 12.8 Å². The lowest BCUT2D eigenvalue weighted by atomic mass is 10.1. The molecule has 0 bridgehead atoms. The highest BCUT2D eigenvalue weighted by atomic mass is 32.2. The minimum atomic E-state index is -3.80. The van der Waals surface area contributed by atoms with Crippen molar-refractivity contribution in [1.82, 2.24) is 10.2 Å². The van der Waals surface area contributed by atoms with Crippen LogP contribution in [0.15, 0.2) is 42.5 Å². The Morgan fingerprint density at radius 2 is 1.68 bits per heavy atom. The van der Waals surface area contributed by atoms with E-state index in [1.54, 1.807) is 38.1 Å². The Labute approximate surface area is 202 Å². The molecule has 9 heteroatoms. The Morgan fingerprint density at radius 3 is 2.21 bits per heavy atom. The number of nitrogens with zero attached hydrogens (tertiary/aromatic N) is 2. The first kappa shape index (κ1) is 27.3. The van der Waals surface area contributed by atoms with Gasteiger partial charge in [0.1, 0.15) is 18.4 Å². The maximum absolute atomic E-state index is 13.6. The highest BCUT2D eigenvalue weighted by molar-refractivity contribution is 7.92. The van der Waals surface area contributed by atoms with Crippen LogP contribution in [0.25, 0.3) is 0 Å².